The molecule has 0 aliphatic rings. The Morgan fingerprint density at radius 2 is 1.54 bits per heavy atom. The van der Waals surface area contributed by atoms with Gasteiger partial charge in [0.15, 0.2) is 0 Å². The molecule has 0 aromatic rings. The zero-order valence-electron chi connectivity index (χ0n) is 8.38. The number of carbonyl (C=O) groups is 1. The number of rotatable bonds is 6. The van der Waals surface area contributed by atoms with E-state index in [1.54, 1.807) is 0 Å². The van der Waals surface area contributed by atoms with Crippen molar-refractivity contribution in [3.8, 4) is 0 Å². The molecule has 80 valence electrons. The fourth-order valence-corrected chi connectivity index (χ4v) is 0.595. The molecule has 0 aliphatic heterocycles. The fraction of sp³-hybridized carbons (Fsp3) is 0.889. The molecule has 0 radical (unpaired) electrons. The van der Waals surface area contributed by atoms with Crippen LogP contribution in [0.25, 0.3) is 0 Å². The maximum atomic E-state index is 8.77. The van der Waals surface area contributed by atoms with Crippen LogP contribution in [0.3, 0.4) is 0 Å². The Kier molecular flexibility index (Phi) is 16.7. The SMILES string of the molecule is CCCCOCCCC.O=C(O)Cl. The molecular weight excluding hydrogens is 192 g/mol. The minimum Gasteiger partial charge on any atom is -0.469 e. The number of carboxylic acid groups (broad SMARTS) is 1. The van der Waals surface area contributed by atoms with Gasteiger partial charge in [0.25, 0.3) is 0 Å². The second-order valence-electron chi connectivity index (χ2n) is 2.57. The second kappa shape index (κ2) is 14.3. The highest BCUT2D eigenvalue weighted by molar-refractivity contribution is 6.60. The minimum atomic E-state index is -1.36. The molecule has 0 aliphatic carbocycles. The van der Waals surface area contributed by atoms with Crippen molar-refractivity contribution in [3.63, 3.8) is 0 Å². The quantitative estimate of drug-likeness (QED) is 0.539. The molecule has 0 atom stereocenters. The van der Waals surface area contributed by atoms with Crippen LogP contribution in [0.4, 0.5) is 4.79 Å². The fourth-order valence-electron chi connectivity index (χ4n) is 0.595. The van der Waals surface area contributed by atoms with E-state index in [2.05, 4.69) is 25.4 Å². The summed E-state index contributed by atoms with van der Waals surface area (Å²) in [6.45, 7) is 6.28. The third-order valence-electron chi connectivity index (χ3n) is 1.28. The minimum absolute atomic E-state index is 0.955. The zero-order valence-corrected chi connectivity index (χ0v) is 9.14. The summed E-state index contributed by atoms with van der Waals surface area (Å²) >= 11 is 4.19. The Morgan fingerprint density at radius 1 is 1.23 bits per heavy atom. The highest BCUT2D eigenvalue weighted by Crippen LogP contribution is 1.91. The van der Waals surface area contributed by atoms with E-state index in [-0.39, 0.29) is 0 Å². The van der Waals surface area contributed by atoms with Crippen molar-refractivity contribution < 1.29 is 14.6 Å². The molecule has 0 rings (SSSR count). The van der Waals surface area contributed by atoms with E-state index in [9.17, 15) is 0 Å². The molecule has 4 heteroatoms. The molecule has 0 unspecified atom stereocenters. The molecule has 0 bridgehead atoms. The third kappa shape index (κ3) is 33.8. The average Bonchev–Trinajstić information content (AvgIpc) is 2.03. The lowest BCUT2D eigenvalue weighted by molar-refractivity contribution is 0.128. The molecule has 0 spiro atoms. The number of halogens is 1. The molecule has 3 nitrogen and oxygen atoms in total. The van der Waals surface area contributed by atoms with Crippen LogP contribution in [-0.2, 0) is 4.74 Å². The second-order valence-corrected chi connectivity index (χ2v) is 2.90. The standard InChI is InChI=1S/C8H18O.CHClO2/c1-3-5-7-9-8-6-4-2;2-1(3)4/h3-8H2,1-2H3;(H,3,4). The molecule has 0 aromatic carbocycles. The van der Waals surface area contributed by atoms with Crippen LogP contribution < -0.4 is 0 Å². The maximum Gasteiger partial charge on any atom is 0.401 e. The molecule has 0 aromatic heterocycles. The van der Waals surface area contributed by atoms with Gasteiger partial charge in [0, 0.05) is 24.8 Å². The van der Waals surface area contributed by atoms with Crippen molar-refractivity contribution in [2.75, 3.05) is 13.2 Å². The lowest BCUT2D eigenvalue weighted by Gasteiger charge is -1.99. The predicted molar refractivity (Wildman–Crippen MR) is 54.5 cm³/mol. The molecule has 0 fully saturated rings. The summed E-state index contributed by atoms with van der Waals surface area (Å²) in [6.07, 6.45) is 4.91. The van der Waals surface area contributed by atoms with Gasteiger partial charge in [0.1, 0.15) is 0 Å². The van der Waals surface area contributed by atoms with Crippen molar-refractivity contribution in [1.29, 1.82) is 0 Å². The lowest BCUT2D eigenvalue weighted by atomic mass is 10.3. The highest BCUT2D eigenvalue weighted by Gasteiger charge is 1.84. The molecule has 0 saturated heterocycles. The van der Waals surface area contributed by atoms with E-state index >= 15 is 0 Å². The Morgan fingerprint density at radius 3 is 1.77 bits per heavy atom. The van der Waals surface area contributed by atoms with Gasteiger partial charge in [-0.2, -0.15) is 0 Å². The topological polar surface area (TPSA) is 46.5 Å². The van der Waals surface area contributed by atoms with Gasteiger partial charge >= 0.3 is 5.43 Å². The van der Waals surface area contributed by atoms with Gasteiger partial charge in [-0.25, -0.2) is 4.79 Å². The number of hydrogen-bond donors (Lipinski definition) is 1. The summed E-state index contributed by atoms with van der Waals surface area (Å²) in [5.74, 6) is 0. The first-order valence-electron chi connectivity index (χ1n) is 4.61. The van der Waals surface area contributed by atoms with E-state index in [1.807, 2.05) is 0 Å². The molecule has 0 amide bonds. The Balaban J connectivity index is 0. The van der Waals surface area contributed by atoms with Gasteiger partial charge in [-0.3, -0.25) is 0 Å². The monoisotopic (exact) mass is 210 g/mol. The summed E-state index contributed by atoms with van der Waals surface area (Å²) in [6, 6.07) is 0. The normalized spacial score (nSPS) is 8.85. The van der Waals surface area contributed by atoms with Crippen molar-refractivity contribution in [2.24, 2.45) is 0 Å². The molecule has 13 heavy (non-hydrogen) atoms. The van der Waals surface area contributed by atoms with Crippen molar-refractivity contribution in [3.05, 3.63) is 0 Å². The van der Waals surface area contributed by atoms with Gasteiger partial charge in [0.2, 0.25) is 0 Å². The summed E-state index contributed by atoms with van der Waals surface area (Å²) in [5, 5.41) is 7.18. The maximum absolute atomic E-state index is 8.77. The van der Waals surface area contributed by atoms with Crippen LogP contribution in [0.15, 0.2) is 0 Å². The van der Waals surface area contributed by atoms with Crippen LogP contribution >= 0.6 is 11.6 Å². The van der Waals surface area contributed by atoms with E-state index in [0.29, 0.717) is 0 Å². The number of ether oxygens (including phenoxy) is 1. The smallest absolute Gasteiger partial charge is 0.401 e. The Hall–Kier alpha value is -0.280. The van der Waals surface area contributed by atoms with Crippen LogP contribution in [-0.4, -0.2) is 23.7 Å². The van der Waals surface area contributed by atoms with E-state index in [4.69, 9.17) is 14.6 Å². The van der Waals surface area contributed by atoms with Crippen LogP contribution in [0.2, 0.25) is 0 Å². The molecular formula is C9H19ClO3. The van der Waals surface area contributed by atoms with Crippen molar-refractivity contribution in [1.82, 2.24) is 0 Å². The first kappa shape index (κ1) is 15.2. The predicted octanol–water partition coefficient (Wildman–Crippen LogP) is 3.51. The first-order valence-corrected chi connectivity index (χ1v) is 4.99. The lowest BCUT2D eigenvalue weighted by Crippen LogP contribution is -1.95. The molecule has 1 N–H and O–H groups in total. The van der Waals surface area contributed by atoms with Gasteiger partial charge in [0.05, 0.1) is 0 Å². The highest BCUT2D eigenvalue weighted by atomic mass is 35.5. The first-order chi connectivity index (χ1) is 6.15. The van der Waals surface area contributed by atoms with Gasteiger partial charge < -0.3 is 9.84 Å². The Bertz CT molecular complexity index is 97.0. The van der Waals surface area contributed by atoms with Gasteiger partial charge in [-0.1, -0.05) is 26.7 Å². The van der Waals surface area contributed by atoms with E-state index in [0.717, 1.165) is 13.2 Å². The van der Waals surface area contributed by atoms with Crippen LogP contribution in [0, 0.1) is 0 Å². The summed E-state index contributed by atoms with van der Waals surface area (Å²) in [5.41, 5.74) is -1.36. The van der Waals surface area contributed by atoms with Crippen molar-refractivity contribution >= 4 is 17.0 Å². The number of unbranched alkanes of at least 4 members (excludes halogenated alkanes) is 2. The van der Waals surface area contributed by atoms with E-state index in [1.165, 1.54) is 25.7 Å². The Labute approximate surface area is 85.0 Å². The summed E-state index contributed by atoms with van der Waals surface area (Å²) in [7, 11) is 0. The molecule has 0 heterocycles. The van der Waals surface area contributed by atoms with Crippen LogP contribution in [0.1, 0.15) is 39.5 Å². The largest absolute Gasteiger partial charge is 0.469 e. The zero-order chi connectivity index (χ0) is 10.5. The summed E-state index contributed by atoms with van der Waals surface area (Å²) in [4.78, 5) is 8.77. The average molecular weight is 211 g/mol. The third-order valence-corrected chi connectivity index (χ3v) is 1.28. The van der Waals surface area contributed by atoms with Crippen molar-refractivity contribution in [2.45, 2.75) is 39.5 Å². The van der Waals surface area contributed by atoms with Crippen LogP contribution in [0.5, 0.6) is 0 Å². The molecule has 0 saturated carbocycles. The van der Waals surface area contributed by atoms with Gasteiger partial charge in [-0.15, -0.1) is 0 Å². The number of hydrogen-bond acceptors (Lipinski definition) is 2. The van der Waals surface area contributed by atoms with E-state index < -0.39 is 5.43 Å². The van der Waals surface area contributed by atoms with Gasteiger partial charge in [-0.05, 0) is 12.8 Å². The summed E-state index contributed by atoms with van der Waals surface area (Å²) < 4.78 is 5.31.